The number of ether oxygens (including phenoxy) is 3. The Kier molecular flexibility index (Phi) is 4.32. The van der Waals surface area contributed by atoms with E-state index in [1.165, 1.54) is 7.11 Å². The Morgan fingerprint density at radius 3 is 2.87 bits per heavy atom. The van der Waals surface area contributed by atoms with E-state index in [1.807, 2.05) is 24.3 Å². The Morgan fingerprint density at radius 2 is 2.09 bits per heavy atom. The van der Waals surface area contributed by atoms with Crippen LogP contribution in [0.25, 0.3) is 0 Å². The summed E-state index contributed by atoms with van der Waals surface area (Å²) < 4.78 is 16.7. The SMILES string of the molecule is COc1ncccc1C(=O)N(C)C[C@H]1COc2ccccc2O1. The average Bonchev–Trinajstić information content (AvgIpc) is 2.60. The molecule has 3 rings (SSSR count). The predicted octanol–water partition coefficient (Wildman–Crippen LogP) is 2.00. The number of nitrogens with zero attached hydrogens (tertiary/aromatic N) is 2. The van der Waals surface area contributed by atoms with Gasteiger partial charge in [-0.3, -0.25) is 4.79 Å². The number of amides is 1. The normalized spacial score (nSPS) is 15.8. The summed E-state index contributed by atoms with van der Waals surface area (Å²) in [6.07, 6.45) is 1.37. The Labute approximate surface area is 134 Å². The highest BCUT2D eigenvalue weighted by atomic mass is 16.6. The van der Waals surface area contributed by atoms with Crippen LogP contribution in [0.5, 0.6) is 17.4 Å². The predicted molar refractivity (Wildman–Crippen MR) is 84.1 cm³/mol. The van der Waals surface area contributed by atoms with E-state index in [4.69, 9.17) is 14.2 Å². The molecule has 0 fully saturated rings. The highest BCUT2D eigenvalue weighted by Crippen LogP contribution is 2.31. The van der Waals surface area contributed by atoms with Crippen molar-refractivity contribution in [1.29, 1.82) is 0 Å². The molecule has 6 heteroatoms. The lowest BCUT2D eigenvalue weighted by atomic mass is 10.2. The third-order valence-electron chi connectivity index (χ3n) is 3.59. The lowest BCUT2D eigenvalue weighted by molar-refractivity contribution is 0.0518. The highest BCUT2D eigenvalue weighted by molar-refractivity contribution is 5.96. The molecule has 0 spiro atoms. The Morgan fingerprint density at radius 1 is 1.30 bits per heavy atom. The number of fused-ring (bicyclic) bond motifs is 1. The molecule has 23 heavy (non-hydrogen) atoms. The number of methoxy groups -OCH3 is 1. The average molecular weight is 314 g/mol. The van der Waals surface area contributed by atoms with Crippen molar-refractivity contribution in [3.63, 3.8) is 0 Å². The van der Waals surface area contributed by atoms with Gasteiger partial charge in [0.25, 0.3) is 5.91 Å². The van der Waals surface area contributed by atoms with Crippen LogP contribution >= 0.6 is 0 Å². The summed E-state index contributed by atoms with van der Waals surface area (Å²) in [6, 6.07) is 10.9. The van der Waals surface area contributed by atoms with E-state index in [2.05, 4.69) is 4.98 Å². The number of likely N-dealkylation sites (N-methyl/N-ethyl adjacent to an activating group) is 1. The first-order chi connectivity index (χ1) is 11.2. The fourth-order valence-electron chi connectivity index (χ4n) is 2.46. The molecule has 1 atom stereocenters. The van der Waals surface area contributed by atoms with E-state index in [1.54, 1.807) is 30.3 Å². The zero-order valence-electron chi connectivity index (χ0n) is 13.1. The van der Waals surface area contributed by atoms with E-state index >= 15 is 0 Å². The number of carbonyl (C=O) groups is 1. The minimum absolute atomic E-state index is 0.169. The van der Waals surface area contributed by atoms with Crippen molar-refractivity contribution >= 4 is 5.91 Å². The molecule has 1 aliphatic heterocycles. The van der Waals surface area contributed by atoms with E-state index in [-0.39, 0.29) is 12.0 Å². The van der Waals surface area contributed by atoms with Crippen molar-refractivity contribution in [2.45, 2.75) is 6.10 Å². The van der Waals surface area contributed by atoms with Gasteiger partial charge in [-0.25, -0.2) is 4.98 Å². The summed E-state index contributed by atoms with van der Waals surface area (Å²) >= 11 is 0. The fraction of sp³-hybridized carbons (Fsp3) is 0.294. The second-order valence-electron chi connectivity index (χ2n) is 5.24. The highest BCUT2D eigenvalue weighted by Gasteiger charge is 2.25. The summed E-state index contributed by atoms with van der Waals surface area (Å²) in [5.74, 6) is 1.57. The number of carbonyl (C=O) groups excluding carboxylic acids is 1. The molecule has 1 aliphatic rings. The maximum atomic E-state index is 12.6. The maximum Gasteiger partial charge on any atom is 0.259 e. The molecule has 6 nitrogen and oxygen atoms in total. The van der Waals surface area contributed by atoms with E-state index < -0.39 is 0 Å². The first-order valence-electron chi connectivity index (χ1n) is 7.32. The third-order valence-corrected chi connectivity index (χ3v) is 3.59. The van der Waals surface area contributed by atoms with Crippen molar-refractivity contribution in [1.82, 2.24) is 9.88 Å². The van der Waals surface area contributed by atoms with Crippen LogP contribution in [0.2, 0.25) is 0 Å². The van der Waals surface area contributed by atoms with Gasteiger partial charge in [0.15, 0.2) is 17.6 Å². The van der Waals surface area contributed by atoms with Gasteiger partial charge in [0.2, 0.25) is 5.88 Å². The molecule has 1 aromatic carbocycles. The standard InChI is InChI=1S/C17H18N2O4/c1-19(17(20)13-6-5-9-18-16(13)21-2)10-12-11-22-14-7-3-4-8-15(14)23-12/h3-9,12H,10-11H2,1-2H3/t12-/m0/s1. The molecule has 0 saturated carbocycles. The van der Waals surface area contributed by atoms with Gasteiger partial charge in [-0.15, -0.1) is 0 Å². The Bertz CT molecular complexity index is 704. The number of hydrogen-bond acceptors (Lipinski definition) is 5. The number of aromatic nitrogens is 1. The molecule has 2 aromatic rings. The van der Waals surface area contributed by atoms with Crippen LogP contribution < -0.4 is 14.2 Å². The van der Waals surface area contributed by atoms with Gasteiger partial charge in [-0.2, -0.15) is 0 Å². The summed E-state index contributed by atoms with van der Waals surface area (Å²) in [5.41, 5.74) is 0.426. The second kappa shape index (κ2) is 6.56. The minimum atomic E-state index is -0.221. The van der Waals surface area contributed by atoms with E-state index in [0.29, 0.717) is 30.3 Å². The number of rotatable bonds is 4. The molecule has 1 aromatic heterocycles. The van der Waals surface area contributed by atoms with Gasteiger partial charge in [-0.05, 0) is 24.3 Å². The van der Waals surface area contributed by atoms with Gasteiger partial charge in [0.05, 0.1) is 13.7 Å². The quantitative estimate of drug-likeness (QED) is 0.864. The van der Waals surface area contributed by atoms with Crippen molar-refractivity contribution in [2.24, 2.45) is 0 Å². The molecular formula is C17H18N2O4. The third kappa shape index (κ3) is 3.21. The van der Waals surface area contributed by atoms with Gasteiger partial charge in [0, 0.05) is 13.2 Å². The van der Waals surface area contributed by atoms with E-state index in [0.717, 1.165) is 5.75 Å². The molecule has 0 unspecified atom stereocenters. The lowest BCUT2D eigenvalue weighted by Crippen LogP contribution is -2.41. The van der Waals surface area contributed by atoms with Crippen molar-refractivity contribution < 1.29 is 19.0 Å². The second-order valence-corrected chi connectivity index (χ2v) is 5.24. The number of hydrogen-bond donors (Lipinski definition) is 0. The maximum absolute atomic E-state index is 12.6. The van der Waals surface area contributed by atoms with Crippen LogP contribution in [0, 0.1) is 0 Å². The van der Waals surface area contributed by atoms with Crippen LogP contribution in [0.15, 0.2) is 42.6 Å². The lowest BCUT2D eigenvalue weighted by Gasteiger charge is -2.29. The molecule has 0 radical (unpaired) electrons. The van der Waals surface area contributed by atoms with Crippen LogP contribution in [-0.4, -0.2) is 49.2 Å². The van der Waals surface area contributed by atoms with Crippen molar-refractivity contribution in [2.75, 3.05) is 27.3 Å². The van der Waals surface area contributed by atoms with Gasteiger partial charge in [0.1, 0.15) is 12.2 Å². The molecule has 0 bridgehead atoms. The minimum Gasteiger partial charge on any atom is -0.486 e. The smallest absolute Gasteiger partial charge is 0.259 e. The molecule has 1 amide bonds. The monoisotopic (exact) mass is 314 g/mol. The topological polar surface area (TPSA) is 60.9 Å². The molecule has 0 saturated heterocycles. The summed E-state index contributed by atoms with van der Waals surface area (Å²) in [7, 11) is 3.22. The fourth-order valence-corrected chi connectivity index (χ4v) is 2.46. The van der Waals surface area contributed by atoms with E-state index in [9.17, 15) is 4.79 Å². The number of para-hydroxylation sites is 2. The number of pyridine rings is 1. The molecule has 0 aliphatic carbocycles. The van der Waals surface area contributed by atoms with Crippen LogP contribution in [0.1, 0.15) is 10.4 Å². The van der Waals surface area contributed by atoms with Gasteiger partial charge in [-0.1, -0.05) is 12.1 Å². The summed E-state index contributed by atoms with van der Waals surface area (Å²) in [5, 5.41) is 0. The van der Waals surface area contributed by atoms with Gasteiger partial charge >= 0.3 is 0 Å². The van der Waals surface area contributed by atoms with Crippen LogP contribution in [0.4, 0.5) is 0 Å². The summed E-state index contributed by atoms with van der Waals surface area (Å²) in [4.78, 5) is 18.2. The molecule has 2 heterocycles. The van der Waals surface area contributed by atoms with Crippen molar-refractivity contribution in [3.8, 4) is 17.4 Å². The summed E-state index contributed by atoms with van der Waals surface area (Å²) in [6.45, 7) is 0.810. The first-order valence-corrected chi connectivity index (χ1v) is 7.32. The Hall–Kier alpha value is -2.76. The molecular weight excluding hydrogens is 296 g/mol. The zero-order valence-corrected chi connectivity index (χ0v) is 13.1. The van der Waals surface area contributed by atoms with Gasteiger partial charge < -0.3 is 19.1 Å². The van der Waals surface area contributed by atoms with Crippen molar-refractivity contribution in [3.05, 3.63) is 48.2 Å². The number of benzene rings is 1. The Balaban J connectivity index is 1.68. The first kappa shape index (κ1) is 15.1. The molecule has 0 N–H and O–H groups in total. The molecule has 120 valence electrons. The van der Waals surface area contributed by atoms with Crippen LogP contribution in [-0.2, 0) is 0 Å². The van der Waals surface area contributed by atoms with Crippen LogP contribution in [0.3, 0.4) is 0 Å². The largest absolute Gasteiger partial charge is 0.486 e. The zero-order chi connectivity index (χ0) is 16.2.